The van der Waals surface area contributed by atoms with Crippen LogP contribution in [0.1, 0.15) is 27.7 Å². The first-order chi connectivity index (χ1) is 26.9. The van der Waals surface area contributed by atoms with E-state index >= 15 is 0 Å². The van der Waals surface area contributed by atoms with Gasteiger partial charge in [0, 0.05) is 16.3 Å². The fraction of sp³-hybridized carbons (Fsp3) is 0.0638. The Labute approximate surface area is 292 Å². The van der Waals surface area contributed by atoms with Crippen LogP contribution in [-0.2, 0) is 0 Å². The van der Waals surface area contributed by atoms with E-state index in [1.165, 1.54) is 5.56 Å². The van der Waals surface area contributed by atoms with Crippen LogP contribution in [0.4, 0.5) is 0 Å². The van der Waals surface area contributed by atoms with Crippen molar-refractivity contribution < 1.29 is 15.4 Å². The number of furan rings is 1. The van der Waals surface area contributed by atoms with Gasteiger partial charge in [-0.1, -0.05) is 139 Å². The van der Waals surface area contributed by atoms with E-state index in [1.807, 2.05) is 39.0 Å². The molecule has 0 spiro atoms. The molecule has 1 aromatic heterocycles. The van der Waals surface area contributed by atoms with Gasteiger partial charge in [-0.25, -0.2) is 0 Å². The first-order valence-corrected chi connectivity index (χ1v) is 16.0. The van der Waals surface area contributed by atoms with Gasteiger partial charge >= 0.3 is 0 Å². The Bertz CT molecular complexity index is 3060. The molecule has 0 radical (unpaired) electrons. The molecule has 9 rings (SSSR count). The number of rotatable bonds is 4. The molecule has 0 unspecified atom stereocenters. The molecule has 8 aromatic carbocycles. The number of hydrogen-bond donors (Lipinski definition) is 0. The smallest absolute Gasteiger partial charge is 0.143 e. The molecule has 48 heavy (non-hydrogen) atoms. The third kappa shape index (κ3) is 4.25. The highest BCUT2D eigenvalue weighted by molar-refractivity contribution is 6.22. The summed E-state index contributed by atoms with van der Waals surface area (Å²) in [6.07, 6.45) is 0. The van der Waals surface area contributed by atoms with Crippen LogP contribution in [0.5, 0.6) is 0 Å². The molecule has 0 atom stereocenters. The van der Waals surface area contributed by atoms with Gasteiger partial charge in [-0.3, -0.25) is 0 Å². The molecule has 0 saturated carbocycles. The van der Waals surface area contributed by atoms with Gasteiger partial charge in [0.25, 0.3) is 0 Å². The number of aryl methyl sites for hydroxylation is 1. The lowest BCUT2D eigenvalue weighted by Crippen LogP contribution is -1.94. The van der Waals surface area contributed by atoms with Crippen LogP contribution in [0.15, 0.2) is 156 Å². The van der Waals surface area contributed by atoms with Crippen LogP contribution < -0.4 is 0 Å². The van der Waals surface area contributed by atoms with Crippen LogP contribution in [0.25, 0.3) is 88.0 Å². The summed E-state index contributed by atoms with van der Waals surface area (Å²) in [6.45, 7) is 5.96. The van der Waals surface area contributed by atoms with Crippen molar-refractivity contribution in [2.75, 3.05) is 0 Å². The first kappa shape index (κ1) is 21.1. The maximum atomic E-state index is 9.08. The van der Waals surface area contributed by atoms with Crippen molar-refractivity contribution in [3.05, 3.63) is 168 Å². The molecule has 0 saturated heterocycles. The molecule has 0 amide bonds. The van der Waals surface area contributed by atoms with Crippen molar-refractivity contribution in [1.82, 2.24) is 0 Å². The lowest BCUT2D eigenvalue weighted by atomic mass is 9.84. The van der Waals surface area contributed by atoms with Crippen molar-refractivity contribution in [2.24, 2.45) is 0 Å². The summed E-state index contributed by atoms with van der Waals surface area (Å²) in [5, 5.41) is 5.37. The molecule has 0 aliphatic carbocycles. The van der Waals surface area contributed by atoms with E-state index in [0.717, 1.165) is 66.1 Å². The van der Waals surface area contributed by atoms with Gasteiger partial charge in [0.1, 0.15) is 11.2 Å². The Morgan fingerprint density at radius 2 is 1.00 bits per heavy atom. The molecule has 0 N–H and O–H groups in total. The SMILES string of the molecule is [2H]c1c([2H])c([2H])c(-c2c([2H])c([2H])c([2H])c3oc4c(-c5cccc(-c6c7ccccc7c(-c7ccccc7)c7ccccc67)c5)c(C)c(C)c(C)c4c23)c([2H])c1[2H]. The maximum absolute atomic E-state index is 9.08. The minimum atomic E-state index is -0.549. The summed E-state index contributed by atoms with van der Waals surface area (Å²) in [5.74, 6) is 0. The highest BCUT2D eigenvalue weighted by atomic mass is 16.3. The molecule has 0 aliphatic rings. The van der Waals surface area contributed by atoms with Gasteiger partial charge in [-0.05, 0) is 110 Å². The maximum Gasteiger partial charge on any atom is 0.143 e. The van der Waals surface area contributed by atoms with Crippen molar-refractivity contribution in [1.29, 1.82) is 0 Å². The lowest BCUT2D eigenvalue weighted by molar-refractivity contribution is 0.669. The Hall–Kier alpha value is -5.92. The number of hydrogen-bond acceptors (Lipinski definition) is 1. The topological polar surface area (TPSA) is 13.1 Å². The van der Waals surface area contributed by atoms with Gasteiger partial charge in [0.2, 0.25) is 0 Å². The standard InChI is InChI=1S/C47H34O/c1-29-30(2)42(47-43(31(29)3)46-36(26-15-27-41(46)48-47)32-16-6-4-7-17-32)34-20-14-21-35(28-34)45-39-24-12-10-22-37(39)44(33-18-8-5-9-19-33)38-23-11-13-25-40(38)45/h4-28H,1-3H3/i4D,6D,7D,15D,16D,17D,26D,27D. The zero-order valence-corrected chi connectivity index (χ0v) is 26.7. The summed E-state index contributed by atoms with van der Waals surface area (Å²) in [5.41, 5.74) is 9.03. The fourth-order valence-electron chi connectivity index (χ4n) is 7.43. The second-order valence-electron chi connectivity index (χ2n) is 12.3. The van der Waals surface area contributed by atoms with Gasteiger partial charge < -0.3 is 4.42 Å². The minimum absolute atomic E-state index is 0.0146. The van der Waals surface area contributed by atoms with Crippen molar-refractivity contribution in [2.45, 2.75) is 20.8 Å². The van der Waals surface area contributed by atoms with E-state index in [2.05, 4.69) is 84.9 Å². The molecule has 9 aromatic rings. The predicted molar refractivity (Wildman–Crippen MR) is 205 cm³/mol. The molecule has 1 nitrogen and oxygen atoms in total. The Morgan fingerprint density at radius 3 is 1.65 bits per heavy atom. The van der Waals surface area contributed by atoms with Crippen LogP contribution in [-0.4, -0.2) is 0 Å². The average molecular weight is 623 g/mol. The van der Waals surface area contributed by atoms with Crippen LogP contribution in [0, 0.1) is 20.8 Å². The van der Waals surface area contributed by atoms with Gasteiger partial charge in [0.15, 0.2) is 0 Å². The normalized spacial score (nSPS) is 14.0. The molecule has 0 bridgehead atoms. The zero-order valence-electron chi connectivity index (χ0n) is 34.7. The zero-order chi connectivity index (χ0) is 39.3. The summed E-state index contributed by atoms with van der Waals surface area (Å²) in [7, 11) is 0. The third-order valence-electron chi connectivity index (χ3n) is 9.81. The first-order valence-electron chi connectivity index (χ1n) is 20.0. The van der Waals surface area contributed by atoms with Gasteiger partial charge in [0.05, 0.1) is 11.0 Å². The Balaban J connectivity index is 1.38. The predicted octanol–water partition coefficient (Wildman–Crippen LogP) is 13.5. The van der Waals surface area contributed by atoms with E-state index < -0.39 is 42.3 Å². The van der Waals surface area contributed by atoms with E-state index in [0.29, 0.717) is 11.0 Å². The van der Waals surface area contributed by atoms with E-state index in [1.54, 1.807) is 0 Å². The average Bonchev–Trinajstić information content (AvgIpc) is 3.61. The van der Waals surface area contributed by atoms with Crippen molar-refractivity contribution >= 4 is 43.5 Å². The summed E-state index contributed by atoms with van der Waals surface area (Å²) < 4.78 is 76.1. The van der Waals surface area contributed by atoms with Crippen molar-refractivity contribution in [3.63, 3.8) is 0 Å². The van der Waals surface area contributed by atoms with E-state index in [-0.39, 0.29) is 28.1 Å². The molecule has 228 valence electrons. The fourth-order valence-corrected chi connectivity index (χ4v) is 7.43. The molecule has 0 fully saturated rings. The van der Waals surface area contributed by atoms with Gasteiger partial charge in [-0.15, -0.1) is 0 Å². The summed E-state index contributed by atoms with van der Waals surface area (Å²) >= 11 is 0. The molecular formula is C47H34O. The lowest BCUT2D eigenvalue weighted by Gasteiger charge is -2.19. The second-order valence-corrected chi connectivity index (χ2v) is 12.3. The largest absolute Gasteiger partial charge is 0.455 e. The van der Waals surface area contributed by atoms with Crippen LogP contribution >= 0.6 is 0 Å². The Morgan fingerprint density at radius 1 is 0.438 bits per heavy atom. The third-order valence-corrected chi connectivity index (χ3v) is 9.81. The van der Waals surface area contributed by atoms with Crippen molar-refractivity contribution in [3.8, 4) is 44.5 Å². The van der Waals surface area contributed by atoms with E-state index in [4.69, 9.17) is 15.4 Å². The number of benzene rings is 8. The van der Waals surface area contributed by atoms with Crippen LogP contribution in [0.2, 0.25) is 0 Å². The monoisotopic (exact) mass is 622 g/mol. The second kappa shape index (κ2) is 11.1. The highest BCUT2D eigenvalue weighted by Gasteiger charge is 2.23. The molecule has 0 aliphatic heterocycles. The molecule has 1 heterocycles. The Kier molecular flexibility index (Phi) is 4.87. The quantitative estimate of drug-likeness (QED) is 0.178. The van der Waals surface area contributed by atoms with Crippen LogP contribution in [0.3, 0.4) is 0 Å². The molecule has 1 heteroatoms. The van der Waals surface area contributed by atoms with E-state index in [9.17, 15) is 0 Å². The highest BCUT2D eigenvalue weighted by Crippen LogP contribution is 2.47. The summed E-state index contributed by atoms with van der Waals surface area (Å²) in [6, 6.07) is 32.0. The minimum Gasteiger partial charge on any atom is -0.455 e. The molecular weight excluding hydrogens is 581 g/mol. The van der Waals surface area contributed by atoms with Gasteiger partial charge in [-0.2, -0.15) is 0 Å². The summed E-state index contributed by atoms with van der Waals surface area (Å²) in [4.78, 5) is 0. The number of fused-ring (bicyclic) bond motifs is 5.